The van der Waals surface area contributed by atoms with Crippen LogP contribution >= 0.6 is 11.8 Å². The van der Waals surface area contributed by atoms with Gasteiger partial charge in [0.1, 0.15) is 11.1 Å². The lowest BCUT2D eigenvalue weighted by Crippen LogP contribution is -2.19. The Labute approximate surface area is 113 Å². The first-order valence-corrected chi connectivity index (χ1v) is 6.36. The van der Waals surface area contributed by atoms with Crippen LogP contribution in [0, 0.1) is 11.3 Å². The van der Waals surface area contributed by atoms with E-state index in [2.05, 4.69) is 15.2 Å². The van der Waals surface area contributed by atoms with Gasteiger partial charge in [-0.3, -0.25) is 4.57 Å². The largest absolute Gasteiger partial charge is 0.396 e. The second-order valence-electron chi connectivity index (χ2n) is 4.08. The van der Waals surface area contributed by atoms with Gasteiger partial charge in [0.05, 0.1) is 5.69 Å². The van der Waals surface area contributed by atoms with Crippen LogP contribution in [-0.2, 0) is 0 Å². The maximum atomic E-state index is 11.6. The highest BCUT2D eigenvalue weighted by molar-refractivity contribution is 7.99. The van der Waals surface area contributed by atoms with Gasteiger partial charge in [0.25, 0.3) is 0 Å². The molecule has 0 aliphatic rings. The highest BCUT2D eigenvalue weighted by Gasteiger charge is 2.14. The van der Waals surface area contributed by atoms with Crippen LogP contribution < -0.4 is 11.4 Å². The number of nitrogens with two attached hydrogens (primary N) is 1. The van der Waals surface area contributed by atoms with Crippen molar-refractivity contribution in [2.45, 2.75) is 30.1 Å². The first-order chi connectivity index (χ1) is 9.02. The van der Waals surface area contributed by atoms with Crippen LogP contribution in [0.15, 0.2) is 27.1 Å². The van der Waals surface area contributed by atoms with Gasteiger partial charge in [-0.15, -0.1) is 5.10 Å². The second-order valence-corrected chi connectivity index (χ2v) is 5.06. The van der Waals surface area contributed by atoms with Crippen molar-refractivity contribution in [3.05, 3.63) is 28.3 Å². The molecule has 0 saturated heterocycles. The predicted octanol–water partition coefficient (Wildman–Crippen LogP) is 1.15. The number of hydrogen-bond acceptors (Lipinski definition) is 6. The van der Waals surface area contributed by atoms with E-state index in [4.69, 9.17) is 11.0 Å². The summed E-state index contributed by atoms with van der Waals surface area (Å²) in [5.74, 6) is 0. The molecular formula is C11H12N6OS. The standard InChI is InChI=1S/C11H12N6OS/c1-6(2)17-10(18)15-16-11(17)19-9-4-3-7(13)8(5-12)14-9/h3-4,6H,13H2,1-2H3,(H,15,18). The van der Waals surface area contributed by atoms with Crippen LogP contribution in [0.3, 0.4) is 0 Å². The number of aromatic amines is 1. The summed E-state index contributed by atoms with van der Waals surface area (Å²) in [5.41, 5.74) is 5.83. The Bertz CT molecular complexity index is 696. The van der Waals surface area contributed by atoms with Crippen LogP contribution in [0.4, 0.5) is 5.69 Å². The van der Waals surface area contributed by atoms with Crippen LogP contribution in [0.1, 0.15) is 25.6 Å². The smallest absolute Gasteiger partial charge is 0.344 e. The molecule has 2 heterocycles. The van der Waals surface area contributed by atoms with Gasteiger partial charge in [0.15, 0.2) is 10.9 Å². The summed E-state index contributed by atoms with van der Waals surface area (Å²) in [6.07, 6.45) is 0. The summed E-state index contributed by atoms with van der Waals surface area (Å²) in [5, 5.41) is 16.3. The Morgan fingerprint density at radius 2 is 2.26 bits per heavy atom. The maximum Gasteiger partial charge on any atom is 0.344 e. The van der Waals surface area contributed by atoms with Gasteiger partial charge in [0, 0.05) is 6.04 Å². The fraction of sp³-hybridized carbons (Fsp3) is 0.273. The van der Waals surface area contributed by atoms with Gasteiger partial charge in [-0.05, 0) is 37.7 Å². The van der Waals surface area contributed by atoms with E-state index >= 15 is 0 Å². The third-order valence-corrected chi connectivity index (χ3v) is 3.30. The molecule has 0 amide bonds. The van der Waals surface area contributed by atoms with E-state index in [0.29, 0.717) is 15.9 Å². The van der Waals surface area contributed by atoms with Gasteiger partial charge in [-0.25, -0.2) is 14.9 Å². The maximum absolute atomic E-state index is 11.6. The number of nitrogen functional groups attached to an aromatic ring is 1. The summed E-state index contributed by atoms with van der Waals surface area (Å²) in [7, 11) is 0. The van der Waals surface area contributed by atoms with E-state index in [1.54, 1.807) is 12.1 Å². The van der Waals surface area contributed by atoms with Crippen molar-refractivity contribution in [3.8, 4) is 6.07 Å². The van der Waals surface area contributed by atoms with Crippen LogP contribution in [-0.4, -0.2) is 19.7 Å². The number of H-pyrrole nitrogens is 1. The first kappa shape index (κ1) is 13.2. The zero-order valence-corrected chi connectivity index (χ0v) is 11.2. The fourth-order valence-electron chi connectivity index (χ4n) is 1.51. The minimum atomic E-state index is -0.270. The quantitative estimate of drug-likeness (QED) is 0.869. The molecule has 0 saturated carbocycles. The minimum absolute atomic E-state index is 0.0158. The van der Waals surface area contributed by atoms with Gasteiger partial charge >= 0.3 is 5.69 Å². The number of nitrogens with one attached hydrogen (secondary N) is 1. The molecular weight excluding hydrogens is 264 g/mol. The molecule has 19 heavy (non-hydrogen) atoms. The molecule has 0 aliphatic heterocycles. The topological polar surface area (TPSA) is 113 Å². The molecule has 0 aliphatic carbocycles. The van der Waals surface area contributed by atoms with Crippen LogP contribution in [0.5, 0.6) is 0 Å². The minimum Gasteiger partial charge on any atom is -0.396 e. The highest BCUT2D eigenvalue weighted by atomic mass is 32.2. The molecule has 98 valence electrons. The average Bonchev–Trinajstić information content (AvgIpc) is 2.73. The zero-order valence-electron chi connectivity index (χ0n) is 10.4. The third-order valence-electron chi connectivity index (χ3n) is 2.39. The Balaban J connectivity index is 2.37. The van der Waals surface area contributed by atoms with E-state index in [-0.39, 0.29) is 17.4 Å². The van der Waals surface area contributed by atoms with E-state index in [1.165, 1.54) is 16.3 Å². The number of rotatable bonds is 3. The van der Waals surface area contributed by atoms with Crippen molar-refractivity contribution < 1.29 is 0 Å². The molecule has 0 atom stereocenters. The Kier molecular flexibility index (Phi) is 3.57. The van der Waals surface area contributed by atoms with Crippen LogP contribution in [0.25, 0.3) is 0 Å². The van der Waals surface area contributed by atoms with Crippen molar-refractivity contribution in [2.24, 2.45) is 0 Å². The molecule has 0 unspecified atom stereocenters. The molecule has 0 radical (unpaired) electrons. The Morgan fingerprint density at radius 3 is 2.89 bits per heavy atom. The first-order valence-electron chi connectivity index (χ1n) is 5.54. The van der Waals surface area contributed by atoms with E-state index in [9.17, 15) is 4.79 Å². The molecule has 2 rings (SSSR count). The summed E-state index contributed by atoms with van der Waals surface area (Å²) in [6.45, 7) is 3.77. The third kappa shape index (κ3) is 2.61. The molecule has 2 aromatic rings. The number of nitriles is 1. The van der Waals surface area contributed by atoms with Crippen molar-refractivity contribution in [1.29, 1.82) is 5.26 Å². The average molecular weight is 276 g/mol. The number of aromatic nitrogens is 4. The second kappa shape index (κ2) is 5.16. The molecule has 0 fully saturated rings. The number of nitrogens with zero attached hydrogens (tertiary/aromatic N) is 4. The molecule has 8 heteroatoms. The van der Waals surface area contributed by atoms with Gasteiger partial charge in [-0.1, -0.05) is 0 Å². The van der Waals surface area contributed by atoms with Gasteiger partial charge in [-0.2, -0.15) is 5.26 Å². The predicted molar refractivity (Wildman–Crippen MR) is 70.7 cm³/mol. The summed E-state index contributed by atoms with van der Waals surface area (Å²) >= 11 is 1.20. The Hall–Kier alpha value is -2.27. The summed E-state index contributed by atoms with van der Waals surface area (Å²) in [4.78, 5) is 15.7. The van der Waals surface area contributed by atoms with Gasteiger partial charge in [0.2, 0.25) is 0 Å². The Morgan fingerprint density at radius 1 is 1.53 bits per heavy atom. The van der Waals surface area contributed by atoms with Crippen molar-refractivity contribution >= 4 is 17.4 Å². The zero-order chi connectivity index (χ0) is 14.0. The number of anilines is 1. The van der Waals surface area contributed by atoms with Crippen LogP contribution in [0.2, 0.25) is 0 Å². The SMILES string of the molecule is CC(C)n1c(Sc2ccc(N)c(C#N)n2)n[nH]c1=O. The lowest BCUT2D eigenvalue weighted by atomic mass is 10.3. The lowest BCUT2D eigenvalue weighted by Gasteiger charge is -2.08. The molecule has 0 spiro atoms. The normalized spacial score (nSPS) is 10.6. The number of pyridine rings is 1. The lowest BCUT2D eigenvalue weighted by molar-refractivity contribution is 0.534. The number of hydrogen-bond donors (Lipinski definition) is 2. The van der Waals surface area contributed by atoms with Gasteiger partial charge < -0.3 is 5.73 Å². The molecule has 3 N–H and O–H groups in total. The van der Waals surface area contributed by atoms with Crippen molar-refractivity contribution in [2.75, 3.05) is 5.73 Å². The molecule has 0 bridgehead atoms. The van der Waals surface area contributed by atoms with Crippen molar-refractivity contribution in [1.82, 2.24) is 19.7 Å². The molecule has 7 nitrogen and oxygen atoms in total. The molecule has 2 aromatic heterocycles. The molecule has 0 aromatic carbocycles. The van der Waals surface area contributed by atoms with E-state index < -0.39 is 0 Å². The summed E-state index contributed by atoms with van der Waals surface area (Å²) in [6, 6.07) is 5.20. The fourth-order valence-corrected chi connectivity index (χ4v) is 2.45. The summed E-state index contributed by atoms with van der Waals surface area (Å²) < 4.78 is 1.52. The van der Waals surface area contributed by atoms with E-state index in [1.807, 2.05) is 19.9 Å². The van der Waals surface area contributed by atoms with Crippen molar-refractivity contribution in [3.63, 3.8) is 0 Å². The monoisotopic (exact) mass is 276 g/mol. The highest BCUT2D eigenvalue weighted by Crippen LogP contribution is 2.26. The van der Waals surface area contributed by atoms with E-state index in [0.717, 1.165) is 0 Å².